The number of carbonyl (C=O) groups is 4. The molecule has 7 atom stereocenters. The fourth-order valence-corrected chi connectivity index (χ4v) is 11.3. The predicted molar refractivity (Wildman–Crippen MR) is 210 cm³/mol. The molecule has 1 saturated heterocycles. The zero-order valence-corrected chi connectivity index (χ0v) is 33.5. The number of rotatable bonds is 7. The lowest BCUT2D eigenvalue weighted by Crippen LogP contribution is -2.59. The van der Waals surface area contributed by atoms with Gasteiger partial charge in [-0.25, -0.2) is 18.2 Å². The van der Waals surface area contributed by atoms with E-state index in [-0.39, 0.29) is 42.9 Å². The van der Waals surface area contributed by atoms with Crippen molar-refractivity contribution in [3.63, 3.8) is 0 Å². The molecule has 4 amide bonds. The first-order valence-electron chi connectivity index (χ1n) is 20.9. The van der Waals surface area contributed by atoms with Gasteiger partial charge in [0.15, 0.2) is 0 Å². The molecule has 5 fully saturated rings. The van der Waals surface area contributed by atoms with E-state index in [2.05, 4.69) is 21.9 Å². The van der Waals surface area contributed by atoms with Gasteiger partial charge in [-0.1, -0.05) is 43.9 Å². The van der Waals surface area contributed by atoms with E-state index >= 15 is 0 Å². The molecule has 1 aromatic heterocycles. The maximum absolute atomic E-state index is 14.9. The Kier molecular flexibility index (Phi) is 10.7. The van der Waals surface area contributed by atoms with Crippen LogP contribution in [0, 0.1) is 17.8 Å². The number of benzene rings is 1. The molecule has 2 aliphatic heterocycles. The molecule has 8 rings (SSSR count). The maximum atomic E-state index is 14.9. The van der Waals surface area contributed by atoms with Crippen LogP contribution in [0.4, 0.5) is 4.79 Å². The summed E-state index contributed by atoms with van der Waals surface area (Å²) in [5.74, 6) is -2.16. The van der Waals surface area contributed by atoms with Gasteiger partial charge in [-0.05, 0) is 102 Å². The van der Waals surface area contributed by atoms with Gasteiger partial charge in [-0.2, -0.15) is 0 Å². The summed E-state index contributed by atoms with van der Waals surface area (Å²) in [7, 11) is -3.91. The minimum atomic E-state index is -3.91. The van der Waals surface area contributed by atoms with E-state index in [1.807, 2.05) is 25.1 Å². The largest absolute Gasteiger partial charge is 0.507 e. The highest BCUT2D eigenvalue weighted by molar-refractivity contribution is 7.91. The number of hydrogen-bond donors (Lipinski definition) is 4. The number of fused-ring (bicyclic) bond motifs is 5. The summed E-state index contributed by atoms with van der Waals surface area (Å²) in [6, 6.07) is 5.16. The molecule has 0 spiro atoms. The molecule has 2 bridgehead atoms. The minimum absolute atomic E-state index is 0.0185. The van der Waals surface area contributed by atoms with Crippen LogP contribution in [0.3, 0.4) is 0 Å². The van der Waals surface area contributed by atoms with Gasteiger partial charge in [0.25, 0.3) is 5.91 Å². The number of para-hydroxylation sites is 1. The number of nitrogens with one attached hydrogen (secondary N) is 3. The number of alkyl carbamates (subject to hydrolysis) is 1. The third-order valence-corrected chi connectivity index (χ3v) is 15.4. The highest BCUT2D eigenvalue weighted by Crippen LogP contribution is 2.46. The molecule has 15 heteroatoms. The third-order valence-electron chi connectivity index (χ3n) is 13.6. The zero-order valence-electron chi connectivity index (χ0n) is 32.7. The van der Waals surface area contributed by atoms with Crippen molar-refractivity contribution >= 4 is 44.7 Å². The Hall–Kier alpha value is -4.40. The molecule has 6 aliphatic rings. The summed E-state index contributed by atoms with van der Waals surface area (Å²) in [6.45, 7) is 5.76. The van der Waals surface area contributed by atoms with Gasteiger partial charge in [0.1, 0.15) is 35.1 Å². The first kappa shape index (κ1) is 39.4. The Balaban J connectivity index is 1.14. The first-order valence-corrected chi connectivity index (χ1v) is 22.4. The van der Waals surface area contributed by atoms with E-state index in [4.69, 9.17) is 14.5 Å². The molecule has 14 nitrogen and oxygen atoms in total. The van der Waals surface area contributed by atoms with Crippen LogP contribution in [-0.2, 0) is 35.6 Å². The molecule has 57 heavy (non-hydrogen) atoms. The summed E-state index contributed by atoms with van der Waals surface area (Å²) < 4.78 is 40.6. The lowest BCUT2D eigenvalue weighted by molar-refractivity contribution is -0.142. The minimum Gasteiger partial charge on any atom is -0.507 e. The number of aromatic hydroxyl groups is 1. The average molecular weight is 806 g/mol. The van der Waals surface area contributed by atoms with Crippen molar-refractivity contribution in [2.75, 3.05) is 6.54 Å². The molecule has 1 aromatic carbocycles. The molecule has 4 aliphatic carbocycles. The van der Waals surface area contributed by atoms with Crippen LogP contribution < -0.4 is 20.1 Å². The van der Waals surface area contributed by atoms with Crippen LogP contribution in [0.15, 0.2) is 36.9 Å². The summed E-state index contributed by atoms with van der Waals surface area (Å²) >= 11 is 0. The van der Waals surface area contributed by atoms with Crippen LogP contribution in [0.1, 0.15) is 109 Å². The molecule has 4 N–H and O–H groups in total. The van der Waals surface area contributed by atoms with Crippen molar-refractivity contribution in [1.82, 2.24) is 25.2 Å². The van der Waals surface area contributed by atoms with Crippen LogP contribution in [-0.4, -0.2) is 88.3 Å². The van der Waals surface area contributed by atoms with Gasteiger partial charge < -0.3 is 30.1 Å². The number of ether oxygens (including phenoxy) is 2. The fourth-order valence-electron chi connectivity index (χ4n) is 9.97. The Morgan fingerprint density at radius 2 is 1.77 bits per heavy atom. The van der Waals surface area contributed by atoms with Crippen LogP contribution in [0.5, 0.6) is 11.6 Å². The van der Waals surface area contributed by atoms with E-state index in [0.29, 0.717) is 48.6 Å². The SMILES string of the molecule is C=C[C@@H]1C[C@]1(NC(=O)[C@@H]1C[C@@H]2CN1C(=O)[C@H](C1CCCC1)NC(=O)O[C@@]1(C)CCC[C@@H]1CCCCCc1c(nc3ccccc3c1O)O2)C(=O)NS(=O)(=O)C1CC1. The number of amides is 4. The standard InChI is InChI=1S/C42H55N5O9S/c1-3-26-23-42(26,39(51)46-57(53,54)29-19-20-29)45-36(49)33-22-28-24-47(33)38(50)34(25-12-7-8-13-25)44-40(52)56-41(2)21-11-15-27(41)14-5-4-6-17-31-35(48)30-16-9-10-18-32(30)43-37(31)55-28/h3,9-10,16,18,25-29,33-34H,1,4-8,11-15,17,19-24H2,2H3,(H,43,48)(H,44,52)(H,45,49)(H,46,51)/t26-,27+,28-,33+,34+,41+,42-/m1/s1. The number of carbonyl (C=O) groups excluding carboxylic acids is 4. The van der Waals surface area contributed by atoms with Gasteiger partial charge in [-0.3, -0.25) is 19.1 Å². The highest BCUT2D eigenvalue weighted by Gasteiger charge is 2.62. The normalized spacial score (nSPS) is 32.5. The van der Waals surface area contributed by atoms with Gasteiger partial charge in [-0.15, -0.1) is 6.58 Å². The van der Waals surface area contributed by atoms with E-state index in [0.717, 1.165) is 57.8 Å². The third kappa shape index (κ3) is 7.80. The van der Waals surface area contributed by atoms with Gasteiger partial charge in [0.05, 0.1) is 22.9 Å². The maximum Gasteiger partial charge on any atom is 0.408 e. The Labute approximate surface area is 333 Å². The number of hydrogen-bond acceptors (Lipinski definition) is 10. The molecular weight excluding hydrogens is 751 g/mol. The van der Waals surface area contributed by atoms with E-state index in [1.54, 1.807) is 6.07 Å². The van der Waals surface area contributed by atoms with Crippen molar-refractivity contribution < 1.29 is 42.2 Å². The van der Waals surface area contributed by atoms with Crippen LogP contribution in [0.2, 0.25) is 0 Å². The summed E-state index contributed by atoms with van der Waals surface area (Å²) in [5.41, 5.74) is -1.14. The monoisotopic (exact) mass is 805 g/mol. The van der Waals surface area contributed by atoms with Crippen molar-refractivity contribution in [3.8, 4) is 11.6 Å². The second-order valence-electron chi connectivity index (χ2n) is 17.5. The topological polar surface area (TPSA) is 193 Å². The molecular formula is C42H55N5O9S. The molecule has 0 unspecified atom stereocenters. The quantitative estimate of drug-likeness (QED) is 0.279. The smallest absolute Gasteiger partial charge is 0.408 e. The molecule has 2 aromatic rings. The van der Waals surface area contributed by atoms with Crippen LogP contribution in [0.25, 0.3) is 10.9 Å². The second-order valence-corrected chi connectivity index (χ2v) is 19.4. The van der Waals surface area contributed by atoms with Gasteiger partial charge in [0, 0.05) is 17.7 Å². The summed E-state index contributed by atoms with van der Waals surface area (Å²) in [5, 5.41) is 17.4. The van der Waals surface area contributed by atoms with Crippen molar-refractivity contribution in [1.29, 1.82) is 0 Å². The lowest BCUT2D eigenvalue weighted by Gasteiger charge is -2.35. The number of pyridine rings is 1. The number of nitrogens with zero attached hydrogens (tertiary/aromatic N) is 2. The highest BCUT2D eigenvalue weighted by atomic mass is 32.2. The van der Waals surface area contributed by atoms with Crippen molar-refractivity contribution in [2.45, 2.75) is 144 Å². The fraction of sp³-hybridized carbons (Fsp3) is 0.643. The Morgan fingerprint density at radius 1 is 1.04 bits per heavy atom. The number of aromatic nitrogens is 1. The molecule has 3 heterocycles. The first-order chi connectivity index (χ1) is 27.3. The molecule has 308 valence electrons. The Morgan fingerprint density at radius 3 is 2.51 bits per heavy atom. The zero-order chi connectivity index (χ0) is 40.1. The molecule has 4 saturated carbocycles. The van der Waals surface area contributed by atoms with Crippen LogP contribution >= 0.6 is 0 Å². The van der Waals surface area contributed by atoms with E-state index in [1.165, 1.54) is 11.0 Å². The summed E-state index contributed by atoms with van der Waals surface area (Å²) in [6.07, 6.45) is 10.9. The average Bonchev–Trinajstić information content (AvgIpc) is 3.99. The van der Waals surface area contributed by atoms with Crippen molar-refractivity contribution in [2.24, 2.45) is 17.8 Å². The van der Waals surface area contributed by atoms with E-state index < -0.39 is 74.3 Å². The Bertz CT molecular complexity index is 2050. The van der Waals surface area contributed by atoms with E-state index in [9.17, 15) is 32.7 Å². The summed E-state index contributed by atoms with van der Waals surface area (Å²) in [4.78, 5) is 63.1. The second kappa shape index (κ2) is 15.4. The van der Waals surface area contributed by atoms with Gasteiger partial charge in [0.2, 0.25) is 27.7 Å². The van der Waals surface area contributed by atoms with Gasteiger partial charge >= 0.3 is 6.09 Å². The lowest BCUT2D eigenvalue weighted by atomic mass is 9.87. The van der Waals surface area contributed by atoms with Crippen molar-refractivity contribution in [3.05, 3.63) is 42.5 Å². The predicted octanol–water partition coefficient (Wildman–Crippen LogP) is 4.92. The molecule has 0 radical (unpaired) electrons. The number of sulfonamides is 1.